The van der Waals surface area contributed by atoms with E-state index in [1.54, 1.807) is 17.0 Å². The lowest BCUT2D eigenvalue weighted by Crippen LogP contribution is -2.37. The lowest BCUT2D eigenvalue weighted by Gasteiger charge is -2.25. The van der Waals surface area contributed by atoms with Gasteiger partial charge in [0.05, 0.1) is 6.10 Å². The maximum Gasteiger partial charge on any atom is 0.290 e. The summed E-state index contributed by atoms with van der Waals surface area (Å²) in [7, 11) is 0. The molecule has 4 nitrogen and oxygen atoms in total. The highest BCUT2D eigenvalue weighted by Crippen LogP contribution is 2.28. The molecule has 0 aliphatic carbocycles. The van der Waals surface area contributed by atoms with Crippen molar-refractivity contribution in [2.45, 2.75) is 39.3 Å². The third-order valence-electron chi connectivity index (χ3n) is 5.31. The number of ether oxygens (including phenoxy) is 1. The second kappa shape index (κ2) is 7.76. The highest BCUT2D eigenvalue weighted by molar-refractivity contribution is 5.99. The summed E-state index contributed by atoms with van der Waals surface area (Å²) in [6, 6.07) is 12.2. The first-order chi connectivity index (χ1) is 13.5. The molecule has 4 rings (SSSR count). The zero-order chi connectivity index (χ0) is 19.7. The second-order valence-corrected chi connectivity index (χ2v) is 7.50. The van der Waals surface area contributed by atoms with E-state index in [1.165, 1.54) is 12.1 Å². The van der Waals surface area contributed by atoms with Gasteiger partial charge in [-0.3, -0.25) is 4.79 Å². The number of carbonyl (C=O) groups excluding carboxylic acids is 1. The van der Waals surface area contributed by atoms with Gasteiger partial charge in [0.15, 0.2) is 5.76 Å². The molecule has 1 fully saturated rings. The molecule has 1 amide bonds. The van der Waals surface area contributed by atoms with Crippen LogP contribution in [0.4, 0.5) is 4.39 Å². The van der Waals surface area contributed by atoms with Gasteiger partial charge in [0.1, 0.15) is 11.4 Å². The number of hydrogen-bond acceptors (Lipinski definition) is 3. The SMILES string of the molecule is Cc1ccc2c(C)c(C(=O)N(Cc3ccc(F)cc3)CC3CCCO3)oc2c1. The molecular weight excluding hydrogens is 357 g/mol. The van der Waals surface area contributed by atoms with Crippen LogP contribution < -0.4 is 0 Å². The van der Waals surface area contributed by atoms with Crippen LogP contribution in [0.1, 0.15) is 40.1 Å². The van der Waals surface area contributed by atoms with Gasteiger partial charge >= 0.3 is 0 Å². The number of nitrogens with zero attached hydrogens (tertiary/aromatic N) is 1. The van der Waals surface area contributed by atoms with Gasteiger partial charge in [-0.25, -0.2) is 4.39 Å². The lowest BCUT2D eigenvalue weighted by atomic mass is 10.1. The number of furan rings is 1. The van der Waals surface area contributed by atoms with E-state index in [-0.39, 0.29) is 17.8 Å². The molecule has 1 aliphatic heterocycles. The Kier molecular flexibility index (Phi) is 5.18. The predicted molar refractivity (Wildman–Crippen MR) is 106 cm³/mol. The first-order valence-electron chi connectivity index (χ1n) is 9.66. The molecule has 3 aromatic rings. The molecule has 0 N–H and O–H groups in total. The average Bonchev–Trinajstić information content (AvgIpc) is 3.30. The number of benzene rings is 2. The Hall–Kier alpha value is -2.66. The number of fused-ring (bicyclic) bond motifs is 1. The maximum atomic E-state index is 13.4. The molecule has 1 atom stereocenters. The number of amides is 1. The van der Waals surface area contributed by atoms with Crippen molar-refractivity contribution in [2.24, 2.45) is 0 Å². The van der Waals surface area contributed by atoms with Crippen LogP contribution in [0.5, 0.6) is 0 Å². The van der Waals surface area contributed by atoms with E-state index in [0.29, 0.717) is 18.8 Å². The number of aryl methyl sites for hydroxylation is 2. The average molecular weight is 381 g/mol. The largest absolute Gasteiger partial charge is 0.451 e. The van der Waals surface area contributed by atoms with Gasteiger partial charge in [-0.1, -0.05) is 24.3 Å². The van der Waals surface area contributed by atoms with Gasteiger partial charge in [0.25, 0.3) is 5.91 Å². The van der Waals surface area contributed by atoms with Gasteiger partial charge in [0, 0.05) is 30.6 Å². The van der Waals surface area contributed by atoms with Crippen molar-refractivity contribution < 1.29 is 18.3 Å². The molecule has 5 heteroatoms. The Morgan fingerprint density at radius 3 is 2.68 bits per heavy atom. The summed E-state index contributed by atoms with van der Waals surface area (Å²) in [5, 5.41) is 0.952. The van der Waals surface area contributed by atoms with Crippen LogP contribution in [0, 0.1) is 19.7 Å². The van der Waals surface area contributed by atoms with Crippen LogP contribution in [0.25, 0.3) is 11.0 Å². The van der Waals surface area contributed by atoms with E-state index in [0.717, 1.165) is 47.1 Å². The monoisotopic (exact) mass is 381 g/mol. The molecule has 0 radical (unpaired) electrons. The summed E-state index contributed by atoms with van der Waals surface area (Å²) in [6.07, 6.45) is 1.97. The Balaban J connectivity index is 1.65. The highest BCUT2D eigenvalue weighted by atomic mass is 19.1. The first kappa shape index (κ1) is 18.7. The molecule has 2 heterocycles. The Morgan fingerprint density at radius 2 is 1.96 bits per heavy atom. The molecule has 1 aromatic heterocycles. The van der Waals surface area contributed by atoms with Crippen molar-refractivity contribution in [1.82, 2.24) is 4.90 Å². The van der Waals surface area contributed by atoms with Crippen molar-refractivity contribution in [3.63, 3.8) is 0 Å². The third kappa shape index (κ3) is 3.80. The first-order valence-corrected chi connectivity index (χ1v) is 9.66. The van der Waals surface area contributed by atoms with Gasteiger partial charge in [-0.15, -0.1) is 0 Å². The predicted octanol–water partition coefficient (Wildman–Crippen LogP) is 5.01. The molecule has 1 aliphatic rings. The van der Waals surface area contributed by atoms with Gasteiger partial charge in [0.2, 0.25) is 0 Å². The molecule has 2 aromatic carbocycles. The summed E-state index contributed by atoms with van der Waals surface area (Å²) < 4.78 is 25.0. The van der Waals surface area contributed by atoms with E-state index >= 15 is 0 Å². The molecule has 146 valence electrons. The summed E-state index contributed by atoms with van der Waals surface area (Å²) in [6.45, 7) is 5.51. The van der Waals surface area contributed by atoms with Crippen LogP contribution in [-0.4, -0.2) is 30.1 Å². The zero-order valence-corrected chi connectivity index (χ0v) is 16.2. The second-order valence-electron chi connectivity index (χ2n) is 7.50. The summed E-state index contributed by atoms with van der Waals surface area (Å²) in [5.41, 5.74) is 3.52. The van der Waals surface area contributed by atoms with Gasteiger partial charge < -0.3 is 14.1 Å². The number of halogens is 1. The van der Waals surface area contributed by atoms with Crippen LogP contribution in [0.2, 0.25) is 0 Å². The van der Waals surface area contributed by atoms with E-state index in [2.05, 4.69) is 0 Å². The minimum Gasteiger partial charge on any atom is -0.451 e. The standard InChI is InChI=1S/C23H24FNO3/c1-15-5-10-20-16(2)22(28-21(20)12-15)23(26)25(14-19-4-3-11-27-19)13-17-6-8-18(24)9-7-17/h5-10,12,19H,3-4,11,13-14H2,1-2H3. The number of rotatable bonds is 5. The van der Waals surface area contributed by atoms with Crippen LogP contribution in [0.15, 0.2) is 46.9 Å². The van der Waals surface area contributed by atoms with Crippen molar-refractivity contribution in [3.05, 3.63) is 70.7 Å². The molecule has 0 spiro atoms. The fourth-order valence-electron chi connectivity index (χ4n) is 3.74. The molecule has 28 heavy (non-hydrogen) atoms. The highest BCUT2D eigenvalue weighted by Gasteiger charge is 2.27. The normalized spacial score (nSPS) is 16.6. The quantitative estimate of drug-likeness (QED) is 0.624. The van der Waals surface area contributed by atoms with Crippen molar-refractivity contribution in [2.75, 3.05) is 13.2 Å². The molecule has 0 bridgehead atoms. The van der Waals surface area contributed by atoms with Crippen LogP contribution in [-0.2, 0) is 11.3 Å². The van der Waals surface area contributed by atoms with E-state index in [1.807, 2.05) is 32.0 Å². The maximum absolute atomic E-state index is 13.4. The Morgan fingerprint density at radius 1 is 1.18 bits per heavy atom. The number of hydrogen-bond donors (Lipinski definition) is 0. The topological polar surface area (TPSA) is 42.7 Å². The Labute approximate surface area is 163 Å². The molecule has 1 unspecified atom stereocenters. The third-order valence-corrected chi connectivity index (χ3v) is 5.31. The van der Waals surface area contributed by atoms with Gasteiger partial charge in [-0.05, 0) is 56.0 Å². The van der Waals surface area contributed by atoms with Crippen LogP contribution in [0.3, 0.4) is 0 Å². The van der Waals surface area contributed by atoms with Crippen molar-refractivity contribution >= 4 is 16.9 Å². The minimum absolute atomic E-state index is 0.0244. The van der Waals surface area contributed by atoms with Crippen molar-refractivity contribution in [1.29, 1.82) is 0 Å². The zero-order valence-electron chi connectivity index (χ0n) is 16.2. The van der Waals surface area contributed by atoms with E-state index in [9.17, 15) is 9.18 Å². The van der Waals surface area contributed by atoms with E-state index in [4.69, 9.17) is 9.15 Å². The summed E-state index contributed by atoms with van der Waals surface area (Å²) >= 11 is 0. The summed E-state index contributed by atoms with van der Waals surface area (Å²) in [5.74, 6) is -0.0869. The minimum atomic E-state index is -0.288. The fourth-order valence-corrected chi connectivity index (χ4v) is 3.74. The molecule has 1 saturated heterocycles. The summed E-state index contributed by atoms with van der Waals surface area (Å²) in [4.78, 5) is 15.1. The molecule has 0 saturated carbocycles. The smallest absolute Gasteiger partial charge is 0.290 e. The van der Waals surface area contributed by atoms with Gasteiger partial charge in [-0.2, -0.15) is 0 Å². The fraction of sp³-hybridized carbons (Fsp3) is 0.348. The van der Waals surface area contributed by atoms with Crippen LogP contribution >= 0.6 is 0 Å². The molecular formula is C23H24FNO3. The Bertz CT molecular complexity index is 987. The number of carbonyl (C=O) groups is 1. The van der Waals surface area contributed by atoms with Crippen molar-refractivity contribution in [3.8, 4) is 0 Å². The lowest BCUT2D eigenvalue weighted by molar-refractivity contribution is 0.0485. The van der Waals surface area contributed by atoms with E-state index < -0.39 is 0 Å².